The number of aromatic amines is 1. The summed E-state index contributed by atoms with van der Waals surface area (Å²) in [5.74, 6) is 0.723. The topological polar surface area (TPSA) is 70.9 Å². The summed E-state index contributed by atoms with van der Waals surface area (Å²) in [6.07, 6.45) is 7.01. The van der Waals surface area contributed by atoms with Crippen molar-refractivity contribution in [3.63, 3.8) is 0 Å². The van der Waals surface area contributed by atoms with Crippen molar-refractivity contribution in [1.29, 1.82) is 0 Å². The Balaban J connectivity index is 0.000000994. The minimum absolute atomic E-state index is 0.430. The molecule has 0 saturated heterocycles. The first kappa shape index (κ1) is 19.4. The Bertz CT molecular complexity index is 1100. The van der Waals surface area contributed by atoms with Gasteiger partial charge in [0.25, 0.3) is 0 Å². The minimum Gasteiger partial charge on any atom is -0.353 e. The normalized spacial score (nSPS) is 15.8. The third-order valence-corrected chi connectivity index (χ3v) is 5.53. The number of pyridine rings is 1. The number of aromatic nitrogens is 5. The molecule has 6 nitrogen and oxygen atoms in total. The number of hydrogen-bond donors (Lipinski definition) is 2. The average Bonchev–Trinajstić information content (AvgIpc) is 3.31. The molecule has 0 radical (unpaired) electrons. The van der Waals surface area contributed by atoms with Gasteiger partial charge >= 0.3 is 0 Å². The maximum Gasteiger partial charge on any atom is 0.241 e. The predicted molar refractivity (Wildman–Crippen MR) is 119 cm³/mol. The van der Waals surface area contributed by atoms with E-state index >= 15 is 0 Å². The minimum atomic E-state index is 0.430. The lowest BCUT2D eigenvalue weighted by molar-refractivity contribution is 0.167. The predicted octanol–water partition coefficient (Wildman–Crippen LogP) is 5.46. The first-order valence-electron chi connectivity index (χ1n) is 10.6. The van der Waals surface area contributed by atoms with E-state index in [-0.39, 0.29) is 0 Å². The third kappa shape index (κ3) is 3.59. The van der Waals surface area contributed by atoms with Crippen LogP contribution in [-0.4, -0.2) is 30.6 Å². The zero-order valence-corrected chi connectivity index (χ0v) is 18.0. The Morgan fingerprint density at radius 3 is 2.72 bits per heavy atom. The highest BCUT2D eigenvalue weighted by Gasteiger charge is 2.36. The second kappa shape index (κ2) is 7.50. The van der Waals surface area contributed by atoms with Crippen LogP contribution >= 0.6 is 0 Å². The highest BCUT2D eigenvalue weighted by molar-refractivity contribution is 5.88. The molecule has 29 heavy (non-hydrogen) atoms. The van der Waals surface area contributed by atoms with Crippen LogP contribution in [0.4, 0.5) is 5.95 Å². The van der Waals surface area contributed by atoms with Crippen LogP contribution in [0.2, 0.25) is 0 Å². The summed E-state index contributed by atoms with van der Waals surface area (Å²) in [5, 5.41) is 8.23. The molecule has 0 aliphatic heterocycles. The van der Waals surface area contributed by atoms with Crippen LogP contribution in [0.15, 0.2) is 36.7 Å². The van der Waals surface area contributed by atoms with Gasteiger partial charge in [0.2, 0.25) is 5.95 Å². The van der Waals surface area contributed by atoms with Crippen LogP contribution in [0.3, 0.4) is 0 Å². The van der Waals surface area contributed by atoms with E-state index in [0.29, 0.717) is 11.5 Å². The number of rotatable bonds is 4. The molecule has 1 fully saturated rings. The maximum absolute atomic E-state index is 4.83. The molecule has 4 aromatic heterocycles. The molecule has 5 rings (SSSR count). The van der Waals surface area contributed by atoms with Crippen molar-refractivity contribution in [1.82, 2.24) is 24.6 Å². The van der Waals surface area contributed by atoms with Gasteiger partial charge in [0.15, 0.2) is 0 Å². The molecular formula is C23H30N6. The molecule has 4 heterocycles. The zero-order valence-electron chi connectivity index (χ0n) is 18.0. The molecule has 4 aromatic rings. The Kier molecular flexibility index (Phi) is 5.03. The number of nitrogens with zero attached hydrogens (tertiary/aromatic N) is 4. The van der Waals surface area contributed by atoms with Gasteiger partial charge in [-0.1, -0.05) is 34.6 Å². The van der Waals surface area contributed by atoms with E-state index in [1.165, 1.54) is 0 Å². The van der Waals surface area contributed by atoms with E-state index in [4.69, 9.17) is 10.1 Å². The number of aryl methyl sites for hydroxylation is 1. The molecule has 0 bridgehead atoms. The Morgan fingerprint density at radius 2 is 2.03 bits per heavy atom. The fourth-order valence-corrected chi connectivity index (χ4v) is 4.28. The van der Waals surface area contributed by atoms with Crippen molar-refractivity contribution >= 4 is 22.5 Å². The summed E-state index contributed by atoms with van der Waals surface area (Å²) in [6.45, 7) is 10.8. The molecular weight excluding hydrogens is 360 g/mol. The quantitative estimate of drug-likeness (QED) is 0.485. The molecule has 6 heteroatoms. The monoisotopic (exact) mass is 390 g/mol. The van der Waals surface area contributed by atoms with E-state index in [0.717, 1.165) is 58.7 Å². The largest absolute Gasteiger partial charge is 0.353 e. The average molecular weight is 391 g/mol. The van der Waals surface area contributed by atoms with Gasteiger partial charge < -0.3 is 10.3 Å². The molecule has 1 aliphatic carbocycles. The summed E-state index contributed by atoms with van der Waals surface area (Å²) < 4.78 is 1.95. The van der Waals surface area contributed by atoms with Crippen LogP contribution in [0.25, 0.3) is 27.8 Å². The standard InChI is InChI=1S/C21H24N6.C2H6/c1-4-15-19-14(17-10-18-16(24-17)6-5-8-22-18)7-9-27(19)26-20(25-15)23-13-11-21(2,3)12-13;1-2/h5-10,13,24H,4,11-12H2,1-3H3,(H,23,26);1-2H3. The lowest BCUT2D eigenvalue weighted by atomic mass is 9.68. The smallest absolute Gasteiger partial charge is 0.241 e. The van der Waals surface area contributed by atoms with Gasteiger partial charge in [-0.05, 0) is 48.9 Å². The Hall–Kier alpha value is -2.89. The van der Waals surface area contributed by atoms with Crippen molar-refractivity contribution < 1.29 is 0 Å². The molecule has 1 aliphatic rings. The lowest BCUT2D eigenvalue weighted by Gasteiger charge is -2.42. The highest BCUT2D eigenvalue weighted by atomic mass is 15.3. The van der Waals surface area contributed by atoms with Gasteiger partial charge in [0, 0.05) is 24.0 Å². The molecule has 1 saturated carbocycles. The fraction of sp³-hybridized carbons (Fsp3) is 0.435. The molecule has 152 valence electrons. The van der Waals surface area contributed by atoms with Crippen LogP contribution in [0.1, 0.15) is 53.2 Å². The van der Waals surface area contributed by atoms with Crippen LogP contribution in [0, 0.1) is 5.41 Å². The number of hydrogen-bond acceptors (Lipinski definition) is 4. The van der Waals surface area contributed by atoms with Crippen molar-refractivity contribution in [3.8, 4) is 11.3 Å². The van der Waals surface area contributed by atoms with Gasteiger partial charge in [-0.2, -0.15) is 0 Å². The summed E-state index contributed by atoms with van der Waals surface area (Å²) in [5.41, 5.74) is 6.71. The summed E-state index contributed by atoms with van der Waals surface area (Å²) in [7, 11) is 0. The van der Waals surface area contributed by atoms with Crippen LogP contribution < -0.4 is 5.32 Å². The van der Waals surface area contributed by atoms with E-state index in [1.54, 1.807) is 0 Å². The second-order valence-corrected chi connectivity index (χ2v) is 8.29. The van der Waals surface area contributed by atoms with E-state index < -0.39 is 0 Å². The summed E-state index contributed by atoms with van der Waals surface area (Å²) in [6, 6.07) is 8.65. The number of anilines is 1. The SMILES string of the molecule is CC.CCc1nc(NC2CC(C)(C)C2)nn2ccc(-c3cc4ncccc4[nH]3)c12. The van der Waals surface area contributed by atoms with Gasteiger partial charge in [0.1, 0.15) is 0 Å². The molecule has 0 spiro atoms. The summed E-state index contributed by atoms with van der Waals surface area (Å²) >= 11 is 0. The van der Waals surface area contributed by atoms with Gasteiger partial charge in [-0.3, -0.25) is 4.98 Å². The van der Waals surface area contributed by atoms with Gasteiger partial charge in [-0.25, -0.2) is 9.50 Å². The maximum atomic E-state index is 4.83. The fourth-order valence-electron chi connectivity index (χ4n) is 4.28. The lowest BCUT2D eigenvalue weighted by Crippen LogP contribution is -2.41. The van der Waals surface area contributed by atoms with Crippen LogP contribution in [0.5, 0.6) is 0 Å². The number of fused-ring (bicyclic) bond motifs is 2. The molecule has 0 amide bonds. The highest BCUT2D eigenvalue weighted by Crippen LogP contribution is 2.41. The van der Waals surface area contributed by atoms with Crippen molar-refractivity contribution in [2.24, 2.45) is 5.41 Å². The van der Waals surface area contributed by atoms with E-state index in [9.17, 15) is 0 Å². The number of nitrogens with one attached hydrogen (secondary N) is 2. The molecule has 0 unspecified atom stereocenters. The Labute approximate surface area is 171 Å². The van der Waals surface area contributed by atoms with Crippen molar-refractivity contribution in [2.45, 2.75) is 59.9 Å². The molecule has 2 N–H and O–H groups in total. The third-order valence-electron chi connectivity index (χ3n) is 5.53. The van der Waals surface area contributed by atoms with Gasteiger partial charge in [0.05, 0.1) is 27.9 Å². The van der Waals surface area contributed by atoms with E-state index in [2.05, 4.69) is 48.2 Å². The number of H-pyrrole nitrogens is 1. The molecule has 0 aromatic carbocycles. The van der Waals surface area contributed by atoms with Gasteiger partial charge in [-0.15, -0.1) is 5.10 Å². The second-order valence-electron chi connectivity index (χ2n) is 8.29. The summed E-state index contributed by atoms with van der Waals surface area (Å²) in [4.78, 5) is 12.7. The van der Waals surface area contributed by atoms with Crippen molar-refractivity contribution in [2.75, 3.05) is 5.32 Å². The first-order valence-corrected chi connectivity index (χ1v) is 10.6. The Morgan fingerprint density at radius 1 is 1.24 bits per heavy atom. The molecule has 0 atom stereocenters. The van der Waals surface area contributed by atoms with E-state index in [1.807, 2.05) is 42.9 Å². The first-order chi connectivity index (χ1) is 14.0. The van der Waals surface area contributed by atoms with Crippen molar-refractivity contribution in [3.05, 3.63) is 42.4 Å². The van der Waals surface area contributed by atoms with Crippen LogP contribution in [-0.2, 0) is 6.42 Å². The zero-order chi connectivity index (χ0) is 20.6.